The fraction of sp³-hybridized carbons (Fsp3) is 0.414. The third-order valence-electron chi connectivity index (χ3n) is 6.59. The molecule has 1 N–H and O–H groups in total. The molecule has 2 aliphatic heterocycles. The fourth-order valence-corrected chi connectivity index (χ4v) is 4.53. The Kier molecular flexibility index (Phi) is 9.00. The molecule has 9 heteroatoms. The number of nitriles is 1. The Morgan fingerprint density at radius 2 is 1.87 bits per heavy atom. The molecule has 2 aliphatic rings. The minimum absolute atomic E-state index is 0.0704. The molecule has 0 amide bonds. The smallest absolute Gasteiger partial charge is 0.227 e. The molecule has 1 aromatic heterocycles. The maximum absolute atomic E-state index is 9.72. The molecule has 198 valence electrons. The highest BCUT2D eigenvalue weighted by Crippen LogP contribution is 2.28. The lowest BCUT2D eigenvalue weighted by Crippen LogP contribution is -2.37. The van der Waals surface area contributed by atoms with Gasteiger partial charge in [0.25, 0.3) is 0 Å². The summed E-state index contributed by atoms with van der Waals surface area (Å²) < 4.78 is 22.8. The molecule has 0 atom stereocenters. The average Bonchev–Trinajstić information content (AvgIpc) is 2.97. The Morgan fingerprint density at radius 1 is 1.03 bits per heavy atom. The van der Waals surface area contributed by atoms with Crippen LogP contribution in [0.2, 0.25) is 0 Å². The standard InChI is InChI=1S/C29H33N5O4/c30-21-23-19-22(5-6-28(23)38-25-8-15-35-16-9-25)27-7-10-31-29(33-27)32-24-3-1-4-26(20-24)37-14-2-11-34-12-17-36-18-13-34/h1,3-7,10,19-20,25H,2,8-9,11-18H2,(H,31,32,33). The summed E-state index contributed by atoms with van der Waals surface area (Å²) in [6.45, 7) is 6.65. The van der Waals surface area contributed by atoms with E-state index in [4.69, 9.17) is 18.9 Å². The second kappa shape index (κ2) is 13.2. The van der Waals surface area contributed by atoms with Gasteiger partial charge in [-0.05, 0) is 42.8 Å². The summed E-state index contributed by atoms with van der Waals surface area (Å²) in [4.78, 5) is 11.4. The van der Waals surface area contributed by atoms with Crippen molar-refractivity contribution in [3.63, 3.8) is 0 Å². The summed E-state index contributed by atoms with van der Waals surface area (Å²) in [6, 6.07) is 17.5. The van der Waals surface area contributed by atoms with Gasteiger partial charge in [0.05, 0.1) is 44.3 Å². The number of morpholine rings is 1. The number of nitrogens with one attached hydrogen (secondary N) is 1. The Labute approximate surface area is 223 Å². The van der Waals surface area contributed by atoms with Crippen LogP contribution in [0.15, 0.2) is 54.7 Å². The zero-order chi connectivity index (χ0) is 26.0. The van der Waals surface area contributed by atoms with Gasteiger partial charge in [-0.2, -0.15) is 5.26 Å². The van der Waals surface area contributed by atoms with Crippen LogP contribution in [-0.2, 0) is 9.47 Å². The van der Waals surface area contributed by atoms with E-state index in [-0.39, 0.29) is 6.10 Å². The maximum Gasteiger partial charge on any atom is 0.227 e. The van der Waals surface area contributed by atoms with Gasteiger partial charge in [-0.1, -0.05) is 6.07 Å². The number of hydrogen-bond donors (Lipinski definition) is 1. The van der Waals surface area contributed by atoms with Crippen molar-refractivity contribution in [2.45, 2.75) is 25.4 Å². The predicted octanol–water partition coefficient (Wildman–Crippen LogP) is 4.42. The van der Waals surface area contributed by atoms with Crippen LogP contribution in [0, 0.1) is 11.3 Å². The maximum atomic E-state index is 9.72. The van der Waals surface area contributed by atoms with Crippen LogP contribution in [0.3, 0.4) is 0 Å². The van der Waals surface area contributed by atoms with Crippen LogP contribution < -0.4 is 14.8 Å². The summed E-state index contributed by atoms with van der Waals surface area (Å²) >= 11 is 0. The van der Waals surface area contributed by atoms with Gasteiger partial charge >= 0.3 is 0 Å². The van der Waals surface area contributed by atoms with Gasteiger partial charge in [-0.25, -0.2) is 9.97 Å². The molecular formula is C29H33N5O4. The molecule has 0 bridgehead atoms. The summed E-state index contributed by atoms with van der Waals surface area (Å²) in [5.41, 5.74) is 2.86. The van der Waals surface area contributed by atoms with Crippen molar-refractivity contribution in [2.75, 3.05) is 58.0 Å². The summed E-state index contributed by atoms with van der Waals surface area (Å²) in [6.07, 6.45) is 4.39. The molecule has 38 heavy (non-hydrogen) atoms. The third-order valence-corrected chi connectivity index (χ3v) is 6.59. The predicted molar refractivity (Wildman–Crippen MR) is 144 cm³/mol. The molecule has 2 aromatic carbocycles. The molecule has 2 saturated heterocycles. The summed E-state index contributed by atoms with van der Waals surface area (Å²) in [7, 11) is 0. The first-order chi connectivity index (χ1) is 18.8. The van der Waals surface area contributed by atoms with E-state index in [0.29, 0.717) is 42.8 Å². The molecule has 3 heterocycles. The van der Waals surface area contributed by atoms with Crippen molar-refractivity contribution in [3.05, 3.63) is 60.3 Å². The van der Waals surface area contributed by atoms with E-state index in [0.717, 1.165) is 69.1 Å². The number of nitrogens with zero attached hydrogens (tertiary/aromatic N) is 4. The summed E-state index contributed by atoms with van der Waals surface area (Å²) in [5.74, 6) is 1.86. The Bertz CT molecular complexity index is 1240. The zero-order valence-corrected chi connectivity index (χ0v) is 21.5. The Morgan fingerprint density at radius 3 is 2.71 bits per heavy atom. The van der Waals surface area contributed by atoms with Crippen LogP contribution in [0.4, 0.5) is 11.6 Å². The summed E-state index contributed by atoms with van der Waals surface area (Å²) in [5, 5.41) is 13.0. The highest BCUT2D eigenvalue weighted by atomic mass is 16.5. The van der Waals surface area contributed by atoms with Crippen molar-refractivity contribution in [1.29, 1.82) is 5.26 Å². The van der Waals surface area contributed by atoms with Gasteiger partial charge in [-0.15, -0.1) is 0 Å². The van der Waals surface area contributed by atoms with Crippen LogP contribution in [0.1, 0.15) is 24.8 Å². The number of anilines is 2. The lowest BCUT2D eigenvalue weighted by atomic mass is 10.1. The monoisotopic (exact) mass is 515 g/mol. The van der Waals surface area contributed by atoms with Gasteiger partial charge in [0.2, 0.25) is 5.95 Å². The number of benzene rings is 2. The van der Waals surface area contributed by atoms with Crippen LogP contribution in [-0.4, -0.2) is 73.6 Å². The van der Waals surface area contributed by atoms with Crippen molar-refractivity contribution in [2.24, 2.45) is 0 Å². The van der Waals surface area contributed by atoms with Crippen LogP contribution in [0.5, 0.6) is 11.5 Å². The van der Waals surface area contributed by atoms with Crippen molar-refractivity contribution >= 4 is 11.6 Å². The fourth-order valence-electron chi connectivity index (χ4n) is 4.53. The third kappa shape index (κ3) is 7.19. The number of hydrogen-bond acceptors (Lipinski definition) is 9. The Hall–Kier alpha value is -3.71. The van der Waals surface area contributed by atoms with E-state index in [1.54, 1.807) is 6.20 Å². The molecule has 0 spiro atoms. The van der Waals surface area contributed by atoms with E-state index < -0.39 is 0 Å². The molecule has 0 aliphatic carbocycles. The molecule has 0 radical (unpaired) electrons. The van der Waals surface area contributed by atoms with E-state index >= 15 is 0 Å². The molecule has 0 saturated carbocycles. The molecule has 3 aromatic rings. The molecule has 2 fully saturated rings. The molecular weight excluding hydrogens is 482 g/mol. The minimum Gasteiger partial charge on any atom is -0.493 e. The Balaban J connectivity index is 1.19. The lowest BCUT2D eigenvalue weighted by molar-refractivity contribution is 0.0254. The van der Waals surface area contributed by atoms with Crippen LogP contribution >= 0.6 is 0 Å². The second-order valence-electron chi connectivity index (χ2n) is 9.33. The highest BCUT2D eigenvalue weighted by molar-refractivity contribution is 5.66. The quantitative estimate of drug-likeness (QED) is 0.393. The van der Waals surface area contributed by atoms with Gasteiger partial charge in [0.15, 0.2) is 0 Å². The van der Waals surface area contributed by atoms with Crippen LogP contribution in [0.25, 0.3) is 11.3 Å². The van der Waals surface area contributed by atoms with Crippen molar-refractivity contribution < 1.29 is 18.9 Å². The van der Waals surface area contributed by atoms with Gasteiger partial charge in [-0.3, -0.25) is 4.90 Å². The van der Waals surface area contributed by atoms with E-state index in [1.165, 1.54) is 0 Å². The van der Waals surface area contributed by atoms with E-state index in [2.05, 4.69) is 26.3 Å². The number of rotatable bonds is 10. The number of ether oxygens (including phenoxy) is 4. The first-order valence-electron chi connectivity index (χ1n) is 13.2. The molecule has 5 rings (SSSR count). The van der Waals surface area contributed by atoms with Crippen molar-refractivity contribution in [3.8, 4) is 28.8 Å². The topological polar surface area (TPSA) is 102 Å². The highest BCUT2D eigenvalue weighted by Gasteiger charge is 2.18. The minimum atomic E-state index is 0.0704. The first kappa shape index (κ1) is 25.9. The van der Waals surface area contributed by atoms with E-state index in [1.807, 2.05) is 48.5 Å². The van der Waals surface area contributed by atoms with Gasteiger partial charge < -0.3 is 24.3 Å². The SMILES string of the molecule is N#Cc1cc(-c2ccnc(Nc3cccc(OCCCN4CCOCC4)c3)n2)ccc1OC1CCOCC1. The second-order valence-corrected chi connectivity index (χ2v) is 9.33. The number of aromatic nitrogens is 2. The van der Waals surface area contributed by atoms with E-state index in [9.17, 15) is 5.26 Å². The first-order valence-corrected chi connectivity index (χ1v) is 13.2. The molecule has 9 nitrogen and oxygen atoms in total. The lowest BCUT2D eigenvalue weighted by Gasteiger charge is -2.26. The normalized spacial score (nSPS) is 16.5. The zero-order valence-electron chi connectivity index (χ0n) is 21.5. The van der Waals surface area contributed by atoms with Crippen molar-refractivity contribution in [1.82, 2.24) is 14.9 Å². The largest absolute Gasteiger partial charge is 0.493 e. The van der Waals surface area contributed by atoms with Gasteiger partial charge in [0, 0.05) is 56.0 Å². The molecule has 0 unspecified atom stereocenters. The average molecular weight is 516 g/mol. The van der Waals surface area contributed by atoms with Gasteiger partial charge in [0.1, 0.15) is 23.7 Å².